The quantitative estimate of drug-likeness (QED) is 0.453. The number of aromatic nitrogens is 3. The summed E-state index contributed by atoms with van der Waals surface area (Å²) in [4.78, 5) is 11.9. The number of hydrogen-bond acceptors (Lipinski definition) is 5. The van der Waals surface area contributed by atoms with Gasteiger partial charge in [-0.15, -0.1) is 10.2 Å². The van der Waals surface area contributed by atoms with Crippen molar-refractivity contribution in [2.45, 2.75) is 38.4 Å². The molecule has 0 spiro atoms. The summed E-state index contributed by atoms with van der Waals surface area (Å²) >= 11 is 13.4. The molecule has 9 heteroatoms. The third kappa shape index (κ3) is 6.90. The fraction of sp³-hybridized carbons (Fsp3) is 0.500. The molecule has 1 aromatic carbocycles. The molecular weight excluding hydrogens is 407 g/mol. The molecule has 0 radical (unpaired) electrons. The molecule has 1 aromatic heterocycles. The van der Waals surface area contributed by atoms with E-state index in [2.05, 4.69) is 33.9 Å². The second kappa shape index (κ2) is 10.8. The average molecular weight is 431 g/mol. The smallest absolute Gasteiger partial charge is 0.257 e. The van der Waals surface area contributed by atoms with Crippen molar-refractivity contribution in [3.8, 4) is 5.75 Å². The van der Waals surface area contributed by atoms with Crippen LogP contribution >= 0.6 is 35.0 Å². The van der Waals surface area contributed by atoms with Gasteiger partial charge in [0.1, 0.15) is 11.6 Å². The van der Waals surface area contributed by atoms with Gasteiger partial charge in [-0.2, -0.15) is 0 Å². The van der Waals surface area contributed by atoms with Gasteiger partial charge >= 0.3 is 0 Å². The first-order chi connectivity index (χ1) is 12.9. The number of aryl methyl sites for hydroxylation is 1. The molecule has 0 aliphatic heterocycles. The van der Waals surface area contributed by atoms with Gasteiger partial charge in [0, 0.05) is 25.6 Å². The maximum absolute atomic E-state index is 11.9. The SMILES string of the molecule is CSc1nnc(CCCNC(=O)COc2ccc(Cl)c(Cl)c2)n1CC(C)C. The number of halogens is 2. The van der Waals surface area contributed by atoms with E-state index < -0.39 is 0 Å². The Morgan fingerprint density at radius 2 is 2.07 bits per heavy atom. The van der Waals surface area contributed by atoms with E-state index in [0.717, 1.165) is 30.4 Å². The molecule has 6 nitrogen and oxygen atoms in total. The minimum Gasteiger partial charge on any atom is -0.484 e. The van der Waals surface area contributed by atoms with E-state index in [-0.39, 0.29) is 12.5 Å². The number of amides is 1. The van der Waals surface area contributed by atoms with Crippen LogP contribution in [0.3, 0.4) is 0 Å². The average Bonchev–Trinajstić information content (AvgIpc) is 3.00. The van der Waals surface area contributed by atoms with Gasteiger partial charge in [-0.25, -0.2) is 0 Å². The van der Waals surface area contributed by atoms with Crippen LogP contribution in [0.2, 0.25) is 10.0 Å². The summed E-state index contributed by atoms with van der Waals surface area (Å²) in [7, 11) is 0. The zero-order valence-corrected chi connectivity index (χ0v) is 18.0. The second-order valence-electron chi connectivity index (χ2n) is 6.43. The van der Waals surface area contributed by atoms with Gasteiger partial charge in [0.15, 0.2) is 11.8 Å². The predicted molar refractivity (Wildman–Crippen MR) is 110 cm³/mol. The van der Waals surface area contributed by atoms with Crippen molar-refractivity contribution in [3.63, 3.8) is 0 Å². The van der Waals surface area contributed by atoms with Gasteiger partial charge in [-0.3, -0.25) is 4.79 Å². The maximum Gasteiger partial charge on any atom is 0.257 e. The lowest BCUT2D eigenvalue weighted by Gasteiger charge is -2.12. The van der Waals surface area contributed by atoms with Gasteiger partial charge in [-0.1, -0.05) is 48.8 Å². The molecule has 0 aliphatic rings. The first-order valence-electron chi connectivity index (χ1n) is 8.71. The van der Waals surface area contributed by atoms with Crippen molar-refractivity contribution >= 4 is 40.9 Å². The van der Waals surface area contributed by atoms with E-state index in [1.54, 1.807) is 30.0 Å². The molecule has 0 fully saturated rings. The zero-order valence-electron chi connectivity index (χ0n) is 15.7. The van der Waals surface area contributed by atoms with Crippen LogP contribution in [0.5, 0.6) is 5.75 Å². The van der Waals surface area contributed by atoms with Gasteiger partial charge < -0.3 is 14.6 Å². The monoisotopic (exact) mass is 430 g/mol. The topological polar surface area (TPSA) is 69.0 Å². The predicted octanol–water partition coefficient (Wildman–Crippen LogP) is 4.09. The number of carbonyl (C=O) groups is 1. The highest BCUT2D eigenvalue weighted by Crippen LogP contribution is 2.26. The van der Waals surface area contributed by atoms with Crippen LogP contribution in [0.1, 0.15) is 26.1 Å². The number of nitrogens with one attached hydrogen (secondary N) is 1. The lowest BCUT2D eigenvalue weighted by atomic mass is 10.2. The Morgan fingerprint density at radius 3 is 2.74 bits per heavy atom. The summed E-state index contributed by atoms with van der Waals surface area (Å²) in [5.41, 5.74) is 0. The summed E-state index contributed by atoms with van der Waals surface area (Å²) in [5.74, 6) is 1.79. The maximum atomic E-state index is 11.9. The highest BCUT2D eigenvalue weighted by molar-refractivity contribution is 7.98. The van der Waals surface area contributed by atoms with Crippen molar-refractivity contribution in [1.29, 1.82) is 0 Å². The third-order valence-corrected chi connectivity index (χ3v) is 5.09. The van der Waals surface area contributed by atoms with E-state index in [0.29, 0.717) is 28.3 Å². The number of ether oxygens (including phenoxy) is 1. The summed E-state index contributed by atoms with van der Waals surface area (Å²) in [6.07, 6.45) is 3.54. The number of thioether (sulfide) groups is 1. The molecule has 0 unspecified atom stereocenters. The summed E-state index contributed by atoms with van der Waals surface area (Å²) in [6, 6.07) is 4.89. The highest BCUT2D eigenvalue weighted by atomic mass is 35.5. The molecule has 1 heterocycles. The molecule has 0 aliphatic carbocycles. The van der Waals surface area contributed by atoms with Crippen LogP contribution in [0, 0.1) is 5.92 Å². The fourth-order valence-corrected chi connectivity index (χ4v) is 3.26. The van der Waals surface area contributed by atoms with Gasteiger partial charge in [0.05, 0.1) is 10.0 Å². The minimum absolute atomic E-state index is 0.0713. The molecule has 2 aromatic rings. The third-order valence-electron chi connectivity index (χ3n) is 3.68. The molecule has 0 bridgehead atoms. The Bertz CT molecular complexity index is 768. The minimum atomic E-state index is -0.186. The van der Waals surface area contributed by atoms with E-state index in [4.69, 9.17) is 27.9 Å². The molecule has 2 rings (SSSR count). The van der Waals surface area contributed by atoms with Gasteiger partial charge in [-0.05, 0) is 30.7 Å². The second-order valence-corrected chi connectivity index (χ2v) is 8.01. The van der Waals surface area contributed by atoms with E-state index in [1.807, 2.05) is 6.26 Å². The number of carbonyl (C=O) groups excluding carboxylic acids is 1. The van der Waals surface area contributed by atoms with E-state index >= 15 is 0 Å². The molecule has 0 atom stereocenters. The summed E-state index contributed by atoms with van der Waals surface area (Å²) in [6.45, 7) is 5.71. The molecule has 1 N–H and O–H groups in total. The fourth-order valence-electron chi connectivity index (χ4n) is 2.44. The highest BCUT2D eigenvalue weighted by Gasteiger charge is 2.12. The number of nitrogens with zero attached hydrogens (tertiary/aromatic N) is 3. The zero-order chi connectivity index (χ0) is 19.8. The van der Waals surface area contributed by atoms with Crippen LogP contribution < -0.4 is 10.1 Å². The molecule has 0 saturated carbocycles. The Morgan fingerprint density at radius 1 is 1.30 bits per heavy atom. The Kier molecular flexibility index (Phi) is 8.73. The molecule has 0 saturated heterocycles. The first kappa shape index (κ1) is 21.9. The molecule has 1 amide bonds. The normalized spacial score (nSPS) is 11.0. The van der Waals surface area contributed by atoms with Crippen LogP contribution in [0.15, 0.2) is 23.4 Å². The van der Waals surface area contributed by atoms with Crippen molar-refractivity contribution in [1.82, 2.24) is 20.1 Å². The van der Waals surface area contributed by atoms with E-state index in [9.17, 15) is 4.79 Å². The largest absolute Gasteiger partial charge is 0.484 e. The van der Waals surface area contributed by atoms with Crippen molar-refractivity contribution in [3.05, 3.63) is 34.1 Å². The summed E-state index contributed by atoms with van der Waals surface area (Å²) < 4.78 is 7.57. The standard InChI is InChI=1S/C18H24Cl2N4O2S/c1-12(2)10-24-16(22-23-18(24)27-3)5-4-8-21-17(25)11-26-13-6-7-14(19)15(20)9-13/h6-7,9,12H,4-5,8,10-11H2,1-3H3,(H,21,25). The Balaban J connectivity index is 1.74. The first-order valence-corrected chi connectivity index (χ1v) is 10.7. The molecule has 148 valence electrons. The van der Waals surface area contributed by atoms with Crippen molar-refractivity contribution in [2.24, 2.45) is 5.92 Å². The number of benzene rings is 1. The van der Waals surface area contributed by atoms with Crippen LogP contribution in [0.4, 0.5) is 0 Å². The van der Waals surface area contributed by atoms with Crippen LogP contribution in [0.25, 0.3) is 0 Å². The van der Waals surface area contributed by atoms with Crippen LogP contribution in [-0.4, -0.2) is 40.1 Å². The van der Waals surface area contributed by atoms with E-state index in [1.165, 1.54) is 0 Å². The van der Waals surface area contributed by atoms with Gasteiger partial charge in [0.2, 0.25) is 0 Å². The molecule has 27 heavy (non-hydrogen) atoms. The molecular formula is C18H24Cl2N4O2S. The van der Waals surface area contributed by atoms with Gasteiger partial charge in [0.25, 0.3) is 5.91 Å². The lowest BCUT2D eigenvalue weighted by Crippen LogP contribution is -2.30. The Hall–Kier alpha value is -1.44. The van der Waals surface area contributed by atoms with Crippen molar-refractivity contribution in [2.75, 3.05) is 19.4 Å². The lowest BCUT2D eigenvalue weighted by molar-refractivity contribution is -0.123. The number of rotatable bonds is 10. The Labute approximate surface area is 174 Å². The summed E-state index contributed by atoms with van der Waals surface area (Å²) in [5, 5.41) is 13.1. The van der Waals surface area contributed by atoms with Crippen LogP contribution in [-0.2, 0) is 17.8 Å². The number of hydrogen-bond donors (Lipinski definition) is 1. The van der Waals surface area contributed by atoms with Crippen molar-refractivity contribution < 1.29 is 9.53 Å².